The number of aliphatic hydroxyl groups excluding tert-OH is 1. The molecule has 2 aromatic rings. The molecule has 2 N–H and O–H groups in total. The average molecular weight is 423 g/mol. The molecule has 1 saturated heterocycles. The fraction of sp³-hybridized carbons (Fsp3) is 0.600. The zero-order chi connectivity index (χ0) is 20.9. The second-order valence-electron chi connectivity index (χ2n) is 7.88. The Labute approximate surface area is 172 Å². The minimum absolute atomic E-state index is 0.0475. The zero-order valence-electron chi connectivity index (χ0n) is 16.9. The van der Waals surface area contributed by atoms with Crippen LogP contribution in [0.5, 0.6) is 0 Å². The van der Waals surface area contributed by atoms with Crippen LogP contribution >= 0.6 is 0 Å². The predicted molar refractivity (Wildman–Crippen MR) is 110 cm³/mol. The summed E-state index contributed by atoms with van der Waals surface area (Å²) in [7, 11) is -3.52. The zero-order valence-corrected chi connectivity index (χ0v) is 17.8. The molecular formula is C20H30N4O4S. The number of hydrogen-bond donors (Lipinski definition) is 2. The Morgan fingerprint density at radius 1 is 1.28 bits per heavy atom. The average Bonchev–Trinajstić information content (AvgIpc) is 3.17. The van der Waals surface area contributed by atoms with Crippen LogP contribution in [0, 0.1) is 0 Å². The molecule has 0 saturated carbocycles. The van der Waals surface area contributed by atoms with Crippen molar-refractivity contribution in [3.63, 3.8) is 0 Å². The number of nitrogens with one attached hydrogen (secondary N) is 1. The lowest BCUT2D eigenvalue weighted by atomic mass is 9.98. The van der Waals surface area contributed by atoms with Gasteiger partial charge < -0.3 is 9.84 Å². The van der Waals surface area contributed by atoms with Gasteiger partial charge in [0, 0.05) is 12.7 Å². The highest BCUT2D eigenvalue weighted by molar-refractivity contribution is 7.88. The van der Waals surface area contributed by atoms with Gasteiger partial charge in [-0.25, -0.2) is 13.1 Å². The number of ether oxygens (including phenoxy) is 1. The summed E-state index contributed by atoms with van der Waals surface area (Å²) in [6.07, 6.45) is 3.42. The fourth-order valence-electron chi connectivity index (χ4n) is 3.51. The second-order valence-corrected chi connectivity index (χ2v) is 9.63. The molecular weight excluding hydrogens is 392 g/mol. The Hall–Kier alpha value is -1.81. The van der Waals surface area contributed by atoms with Crippen LogP contribution in [-0.4, -0.2) is 53.4 Å². The minimum Gasteiger partial charge on any atom is -0.394 e. The summed E-state index contributed by atoms with van der Waals surface area (Å²) in [6, 6.07) is 8.62. The van der Waals surface area contributed by atoms with Gasteiger partial charge in [-0.2, -0.15) is 0 Å². The third kappa shape index (κ3) is 6.33. The Morgan fingerprint density at radius 2 is 2.03 bits per heavy atom. The van der Waals surface area contributed by atoms with Gasteiger partial charge in [0.15, 0.2) is 0 Å². The molecule has 0 aliphatic carbocycles. The van der Waals surface area contributed by atoms with E-state index in [0.29, 0.717) is 18.9 Å². The van der Waals surface area contributed by atoms with Gasteiger partial charge in [-0.15, -0.1) is 5.10 Å². The maximum atomic E-state index is 12.5. The Kier molecular flexibility index (Phi) is 7.39. The van der Waals surface area contributed by atoms with Gasteiger partial charge in [-0.05, 0) is 30.7 Å². The first-order chi connectivity index (χ1) is 13.9. The van der Waals surface area contributed by atoms with Gasteiger partial charge in [0.25, 0.3) is 0 Å². The fourth-order valence-corrected chi connectivity index (χ4v) is 4.95. The Morgan fingerprint density at radius 3 is 2.69 bits per heavy atom. The molecule has 2 heterocycles. The monoisotopic (exact) mass is 422 g/mol. The molecule has 1 aromatic carbocycles. The Balaban J connectivity index is 1.52. The van der Waals surface area contributed by atoms with Crippen molar-refractivity contribution in [2.24, 2.45) is 0 Å². The predicted octanol–water partition coefficient (Wildman–Crippen LogP) is 1.82. The first kappa shape index (κ1) is 21.9. The van der Waals surface area contributed by atoms with Gasteiger partial charge in [0.2, 0.25) is 10.0 Å². The van der Waals surface area contributed by atoms with Crippen LogP contribution in [0.2, 0.25) is 0 Å². The van der Waals surface area contributed by atoms with E-state index in [0.717, 1.165) is 24.1 Å². The molecule has 29 heavy (non-hydrogen) atoms. The van der Waals surface area contributed by atoms with E-state index in [9.17, 15) is 13.5 Å². The third-order valence-electron chi connectivity index (χ3n) is 5.15. The molecule has 0 bridgehead atoms. The summed E-state index contributed by atoms with van der Waals surface area (Å²) in [6.45, 7) is 4.59. The van der Waals surface area contributed by atoms with Crippen LogP contribution in [-0.2, 0) is 27.1 Å². The standard InChI is InChI=1S/C20H30N4O4S/c1-15(2)19-12-24(23-21-19)11-10-17-8-9-18(20(13-25)28-17)22-29(26,27)14-16-6-4-3-5-7-16/h3-7,12,15,17-18,20,22,25H,8-11,13-14H2,1-2H3/t17-,18-,20-/m0/s1. The van der Waals surface area contributed by atoms with Crippen LogP contribution in [0.3, 0.4) is 0 Å². The largest absolute Gasteiger partial charge is 0.394 e. The van der Waals surface area contributed by atoms with Crippen molar-refractivity contribution >= 4 is 10.0 Å². The van der Waals surface area contributed by atoms with Crippen LogP contribution in [0.15, 0.2) is 36.5 Å². The van der Waals surface area contributed by atoms with Crippen molar-refractivity contribution in [2.75, 3.05) is 6.61 Å². The SMILES string of the molecule is CC(C)c1cn(CC[C@@H]2CC[C@H](NS(=O)(=O)Cc3ccccc3)[C@H](CO)O2)nn1. The van der Waals surface area contributed by atoms with Crippen molar-refractivity contribution in [3.8, 4) is 0 Å². The van der Waals surface area contributed by atoms with E-state index in [2.05, 4.69) is 28.9 Å². The molecule has 3 atom stereocenters. The summed E-state index contributed by atoms with van der Waals surface area (Å²) >= 11 is 0. The maximum Gasteiger partial charge on any atom is 0.216 e. The van der Waals surface area contributed by atoms with Gasteiger partial charge in [0.1, 0.15) is 0 Å². The highest BCUT2D eigenvalue weighted by Gasteiger charge is 2.33. The number of rotatable bonds is 9. The molecule has 160 valence electrons. The molecule has 1 aromatic heterocycles. The van der Waals surface area contributed by atoms with Gasteiger partial charge in [0.05, 0.1) is 36.3 Å². The van der Waals surface area contributed by atoms with E-state index >= 15 is 0 Å². The maximum absolute atomic E-state index is 12.5. The second kappa shape index (κ2) is 9.80. The summed E-state index contributed by atoms with van der Waals surface area (Å²) in [4.78, 5) is 0. The summed E-state index contributed by atoms with van der Waals surface area (Å²) in [5.74, 6) is 0.245. The van der Waals surface area contributed by atoms with Crippen LogP contribution < -0.4 is 4.72 Å². The first-order valence-electron chi connectivity index (χ1n) is 10.1. The van der Waals surface area contributed by atoms with Gasteiger partial charge in [-0.3, -0.25) is 4.68 Å². The smallest absolute Gasteiger partial charge is 0.216 e. The molecule has 0 spiro atoms. The number of aromatic nitrogens is 3. The van der Waals surface area contributed by atoms with E-state index < -0.39 is 22.2 Å². The van der Waals surface area contributed by atoms with Crippen molar-refractivity contribution in [1.82, 2.24) is 19.7 Å². The molecule has 9 heteroatoms. The van der Waals surface area contributed by atoms with E-state index in [1.807, 2.05) is 24.4 Å². The Bertz CT molecular complexity index is 870. The van der Waals surface area contributed by atoms with Crippen LogP contribution in [0.4, 0.5) is 0 Å². The molecule has 0 radical (unpaired) electrons. The number of benzene rings is 1. The van der Waals surface area contributed by atoms with E-state index in [1.54, 1.807) is 16.8 Å². The lowest BCUT2D eigenvalue weighted by Gasteiger charge is -2.36. The lowest BCUT2D eigenvalue weighted by molar-refractivity contribution is -0.0891. The number of aryl methyl sites for hydroxylation is 1. The molecule has 1 fully saturated rings. The molecule has 0 amide bonds. The third-order valence-corrected chi connectivity index (χ3v) is 6.53. The van der Waals surface area contributed by atoms with Crippen molar-refractivity contribution in [1.29, 1.82) is 0 Å². The number of sulfonamides is 1. The summed E-state index contributed by atoms with van der Waals surface area (Å²) in [5.41, 5.74) is 1.68. The highest BCUT2D eigenvalue weighted by Crippen LogP contribution is 2.23. The number of nitrogens with zero attached hydrogens (tertiary/aromatic N) is 3. The quantitative estimate of drug-likeness (QED) is 0.638. The molecule has 1 aliphatic rings. The minimum atomic E-state index is -3.52. The van der Waals surface area contributed by atoms with E-state index in [1.165, 1.54) is 0 Å². The summed E-state index contributed by atoms with van der Waals surface area (Å²) in [5, 5.41) is 18.0. The molecule has 1 aliphatic heterocycles. The topological polar surface area (TPSA) is 106 Å². The highest BCUT2D eigenvalue weighted by atomic mass is 32.2. The van der Waals surface area contributed by atoms with Gasteiger partial charge >= 0.3 is 0 Å². The first-order valence-corrected chi connectivity index (χ1v) is 11.7. The van der Waals surface area contributed by atoms with Crippen LogP contribution in [0.25, 0.3) is 0 Å². The molecule has 3 rings (SSSR count). The van der Waals surface area contributed by atoms with E-state index in [-0.39, 0.29) is 18.5 Å². The van der Waals surface area contributed by atoms with Crippen molar-refractivity contribution in [2.45, 2.75) is 69.6 Å². The number of hydrogen-bond acceptors (Lipinski definition) is 6. The van der Waals surface area contributed by atoms with Crippen LogP contribution in [0.1, 0.15) is 50.3 Å². The van der Waals surface area contributed by atoms with Gasteiger partial charge in [-0.1, -0.05) is 49.4 Å². The van der Waals surface area contributed by atoms with Crippen molar-refractivity contribution in [3.05, 3.63) is 47.8 Å². The molecule has 8 nitrogen and oxygen atoms in total. The normalized spacial score (nSPS) is 22.8. The summed E-state index contributed by atoms with van der Waals surface area (Å²) < 4.78 is 35.5. The molecule has 0 unspecified atom stereocenters. The lowest BCUT2D eigenvalue weighted by Crippen LogP contribution is -2.51. The van der Waals surface area contributed by atoms with E-state index in [4.69, 9.17) is 4.74 Å². The van der Waals surface area contributed by atoms with Crippen molar-refractivity contribution < 1.29 is 18.3 Å². The number of aliphatic hydroxyl groups is 1.